The van der Waals surface area contributed by atoms with Crippen LogP contribution in [0.3, 0.4) is 0 Å². The summed E-state index contributed by atoms with van der Waals surface area (Å²) in [5.41, 5.74) is 1.67. The number of anilines is 2. The van der Waals surface area contributed by atoms with E-state index in [0.717, 1.165) is 73.0 Å². The van der Waals surface area contributed by atoms with Gasteiger partial charge in [0.1, 0.15) is 17.7 Å². The van der Waals surface area contributed by atoms with Gasteiger partial charge in [-0.3, -0.25) is 0 Å². The van der Waals surface area contributed by atoms with Gasteiger partial charge in [0.25, 0.3) is 0 Å². The van der Waals surface area contributed by atoms with Crippen molar-refractivity contribution in [2.24, 2.45) is 0 Å². The highest BCUT2D eigenvalue weighted by Crippen LogP contribution is 2.34. The molecule has 1 N–H and O–H groups in total. The van der Waals surface area contributed by atoms with Gasteiger partial charge in [0, 0.05) is 50.1 Å². The Bertz CT molecular complexity index is 1160. The highest BCUT2D eigenvalue weighted by Gasteiger charge is 2.32. The van der Waals surface area contributed by atoms with E-state index in [0.29, 0.717) is 31.5 Å². The van der Waals surface area contributed by atoms with Gasteiger partial charge < -0.3 is 24.8 Å². The zero-order valence-electron chi connectivity index (χ0n) is 22.0. The number of fused-ring (bicyclic) bond motifs is 1. The number of hydrogen-bond acceptors (Lipinski definition) is 7. The van der Waals surface area contributed by atoms with Crippen LogP contribution in [0.2, 0.25) is 0 Å². The predicted octanol–water partition coefficient (Wildman–Crippen LogP) is 4.06. The van der Waals surface area contributed by atoms with E-state index in [1.165, 1.54) is 38.8 Å². The van der Waals surface area contributed by atoms with Crippen LogP contribution in [-0.4, -0.2) is 90.9 Å². The topological polar surface area (TPSA) is 56.8 Å². The summed E-state index contributed by atoms with van der Waals surface area (Å²) in [5.74, 6) is 8.85. The summed E-state index contributed by atoms with van der Waals surface area (Å²) in [6, 6.07) is 5.22. The normalized spacial score (nSPS) is 23.4. The van der Waals surface area contributed by atoms with Crippen LogP contribution in [0.4, 0.5) is 16.2 Å². The van der Waals surface area contributed by atoms with Crippen molar-refractivity contribution < 1.29 is 9.13 Å². The number of methoxy groups -OCH3 is 1. The number of ether oxygens (including phenoxy) is 1. The molecule has 4 aliphatic rings. The molecule has 1 aromatic heterocycles. The van der Waals surface area contributed by atoms with Gasteiger partial charge >= 0.3 is 0 Å². The van der Waals surface area contributed by atoms with E-state index in [1.54, 1.807) is 7.11 Å². The average Bonchev–Trinajstić information content (AvgIpc) is 3.45. The largest absolute Gasteiger partial charge is 0.495 e. The Morgan fingerprint density at radius 2 is 1.84 bits per heavy atom. The number of likely N-dealkylation sites (tertiary alicyclic amines) is 2. The summed E-state index contributed by atoms with van der Waals surface area (Å²) in [4.78, 5) is 16.9. The average molecular weight is 507 g/mol. The van der Waals surface area contributed by atoms with E-state index in [2.05, 4.69) is 27.0 Å². The standard InChI is InChI=1S/C29H39FN6O/c1-37-27-19-25-26(18-21(27)6-2-3-12-34-13-4-5-14-34)32-29(36-15-9-22(30)20-36)33-28(25)31-23-10-16-35(17-11-23)24-7-8-24/h18-19,22-24H,3-5,7-17,20H2,1H3,(H,31,32,33). The highest BCUT2D eigenvalue weighted by molar-refractivity contribution is 5.93. The Morgan fingerprint density at radius 1 is 1.03 bits per heavy atom. The molecular weight excluding hydrogens is 467 g/mol. The van der Waals surface area contributed by atoms with Gasteiger partial charge in [-0.25, -0.2) is 9.37 Å². The Morgan fingerprint density at radius 3 is 2.54 bits per heavy atom. The molecule has 4 heterocycles. The van der Waals surface area contributed by atoms with Crippen molar-refractivity contribution in [2.45, 2.75) is 69.6 Å². The maximum absolute atomic E-state index is 14.0. The van der Waals surface area contributed by atoms with Crippen molar-refractivity contribution in [1.29, 1.82) is 0 Å². The Kier molecular flexibility index (Phi) is 7.34. The fourth-order valence-corrected chi connectivity index (χ4v) is 5.98. The first-order valence-corrected chi connectivity index (χ1v) is 14.2. The molecule has 0 bridgehead atoms. The van der Waals surface area contributed by atoms with Crippen LogP contribution in [0.5, 0.6) is 5.75 Å². The number of piperidine rings is 1. The second-order valence-electron chi connectivity index (χ2n) is 11.1. The van der Waals surface area contributed by atoms with Crippen molar-refractivity contribution >= 4 is 22.7 Å². The minimum Gasteiger partial charge on any atom is -0.495 e. The molecular formula is C29H39FN6O. The quantitative estimate of drug-likeness (QED) is 0.569. The van der Waals surface area contributed by atoms with Gasteiger partial charge in [-0.2, -0.15) is 4.98 Å². The molecule has 0 amide bonds. The molecule has 1 unspecified atom stereocenters. The van der Waals surface area contributed by atoms with E-state index in [-0.39, 0.29) is 0 Å². The molecule has 1 aromatic carbocycles. The third-order valence-corrected chi connectivity index (χ3v) is 8.33. The summed E-state index contributed by atoms with van der Waals surface area (Å²) in [7, 11) is 1.69. The van der Waals surface area contributed by atoms with Gasteiger partial charge in [-0.05, 0) is 70.2 Å². The summed E-state index contributed by atoms with van der Waals surface area (Å²) in [6.45, 7) is 6.65. The molecule has 0 radical (unpaired) electrons. The van der Waals surface area contributed by atoms with Crippen molar-refractivity contribution in [1.82, 2.24) is 19.8 Å². The summed E-state index contributed by atoms with van der Waals surface area (Å²) >= 11 is 0. The number of halogens is 1. The Balaban J connectivity index is 1.27. The lowest BCUT2D eigenvalue weighted by Gasteiger charge is -2.33. The second-order valence-corrected chi connectivity index (χ2v) is 11.1. The van der Waals surface area contributed by atoms with E-state index in [1.807, 2.05) is 17.0 Å². The molecule has 37 heavy (non-hydrogen) atoms. The number of rotatable bonds is 7. The van der Waals surface area contributed by atoms with Crippen molar-refractivity contribution in [3.05, 3.63) is 17.7 Å². The van der Waals surface area contributed by atoms with Crippen LogP contribution in [0, 0.1) is 11.8 Å². The van der Waals surface area contributed by atoms with Crippen LogP contribution >= 0.6 is 0 Å². The molecule has 3 saturated heterocycles. The number of aromatic nitrogens is 2. The Labute approximate surface area is 219 Å². The zero-order chi connectivity index (χ0) is 25.2. The third kappa shape index (κ3) is 5.78. The first kappa shape index (κ1) is 24.7. The third-order valence-electron chi connectivity index (χ3n) is 8.33. The fourth-order valence-electron chi connectivity index (χ4n) is 5.98. The molecule has 0 spiro atoms. The fraction of sp³-hybridized carbons (Fsp3) is 0.655. The molecule has 3 aliphatic heterocycles. The van der Waals surface area contributed by atoms with E-state index in [4.69, 9.17) is 14.7 Å². The number of alkyl halides is 1. The van der Waals surface area contributed by atoms with Crippen LogP contribution in [0.25, 0.3) is 10.9 Å². The van der Waals surface area contributed by atoms with Crippen molar-refractivity contribution in [2.75, 3.05) is 63.1 Å². The molecule has 1 saturated carbocycles. The van der Waals surface area contributed by atoms with Gasteiger partial charge in [0.15, 0.2) is 0 Å². The number of nitrogens with zero attached hydrogens (tertiary/aromatic N) is 5. The second kappa shape index (κ2) is 11.0. The van der Waals surface area contributed by atoms with E-state index < -0.39 is 6.17 Å². The van der Waals surface area contributed by atoms with Crippen LogP contribution in [0.1, 0.15) is 56.9 Å². The lowest BCUT2D eigenvalue weighted by atomic mass is 10.0. The Hall–Kier alpha value is -2.63. The lowest BCUT2D eigenvalue weighted by molar-refractivity contribution is 0.210. The van der Waals surface area contributed by atoms with E-state index in [9.17, 15) is 4.39 Å². The van der Waals surface area contributed by atoms with Crippen LogP contribution < -0.4 is 15.0 Å². The first-order valence-electron chi connectivity index (χ1n) is 14.2. The van der Waals surface area contributed by atoms with E-state index >= 15 is 0 Å². The number of benzene rings is 1. The number of nitrogens with one attached hydrogen (secondary N) is 1. The molecule has 2 aromatic rings. The maximum Gasteiger partial charge on any atom is 0.227 e. The maximum atomic E-state index is 14.0. The SMILES string of the molecule is COc1cc2c(NC3CCN(C4CC4)CC3)nc(N3CCC(F)C3)nc2cc1C#CCCN1CCCC1. The van der Waals surface area contributed by atoms with Gasteiger partial charge in [0.2, 0.25) is 5.95 Å². The summed E-state index contributed by atoms with van der Waals surface area (Å²) < 4.78 is 19.8. The van der Waals surface area contributed by atoms with Gasteiger partial charge in [0.05, 0.1) is 24.7 Å². The van der Waals surface area contributed by atoms with Gasteiger partial charge in [-0.15, -0.1) is 0 Å². The summed E-state index contributed by atoms with van der Waals surface area (Å²) in [5, 5.41) is 4.67. The minimum absolute atomic E-state index is 0.351. The van der Waals surface area contributed by atoms with Crippen molar-refractivity contribution in [3.8, 4) is 17.6 Å². The van der Waals surface area contributed by atoms with Gasteiger partial charge in [-0.1, -0.05) is 11.8 Å². The molecule has 6 rings (SSSR count). The molecule has 1 atom stereocenters. The molecule has 7 nitrogen and oxygen atoms in total. The van der Waals surface area contributed by atoms with Crippen LogP contribution in [0.15, 0.2) is 12.1 Å². The molecule has 198 valence electrons. The minimum atomic E-state index is -0.824. The monoisotopic (exact) mass is 506 g/mol. The first-order chi connectivity index (χ1) is 18.2. The number of hydrogen-bond donors (Lipinski definition) is 1. The molecule has 4 fully saturated rings. The molecule has 8 heteroatoms. The molecule has 1 aliphatic carbocycles. The smallest absolute Gasteiger partial charge is 0.227 e. The van der Waals surface area contributed by atoms with Crippen molar-refractivity contribution in [3.63, 3.8) is 0 Å². The zero-order valence-corrected chi connectivity index (χ0v) is 22.0. The summed E-state index contributed by atoms with van der Waals surface area (Å²) in [6.07, 6.45) is 8.05. The lowest BCUT2D eigenvalue weighted by Crippen LogP contribution is -2.40. The highest BCUT2D eigenvalue weighted by atomic mass is 19.1. The van der Waals surface area contributed by atoms with Crippen LogP contribution in [-0.2, 0) is 0 Å². The predicted molar refractivity (Wildman–Crippen MR) is 146 cm³/mol.